The van der Waals surface area contributed by atoms with E-state index in [-0.39, 0.29) is 22.9 Å². The van der Waals surface area contributed by atoms with E-state index in [9.17, 15) is 19.7 Å². The van der Waals surface area contributed by atoms with Crippen LogP contribution in [0.4, 0.5) is 5.69 Å². The molecule has 126 valence electrons. The van der Waals surface area contributed by atoms with Crippen molar-refractivity contribution in [1.29, 1.82) is 0 Å². The van der Waals surface area contributed by atoms with E-state index in [1.807, 2.05) is 0 Å². The van der Waals surface area contributed by atoms with Crippen LogP contribution in [0.1, 0.15) is 28.5 Å². The van der Waals surface area contributed by atoms with Crippen molar-refractivity contribution in [1.82, 2.24) is 9.97 Å². The highest BCUT2D eigenvalue weighted by Gasteiger charge is 2.19. The Hall–Kier alpha value is -2.68. The molecule has 2 aromatic rings. The number of thioether (sulfide) groups is 1. The molecule has 0 aliphatic rings. The maximum Gasteiger partial charge on any atom is 0.346 e. The minimum absolute atomic E-state index is 0.0197. The number of nitrogens with zero attached hydrogens (tertiary/aromatic N) is 2. The summed E-state index contributed by atoms with van der Waals surface area (Å²) in [5.74, 6) is -0.246. The van der Waals surface area contributed by atoms with Gasteiger partial charge in [-0.1, -0.05) is 12.1 Å². The van der Waals surface area contributed by atoms with Crippen molar-refractivity contribution in [3.63, 3.8) is 0 Å². The highest BCUT2D eigenvalue weighted by atomic mass is 32.2. The fourth-order valence-corrected chi connectivity index (χ4v) is 3.03. The van der Waals surface area contributed by atoms with E-state index in [4.69, 9.17) is 4.74 Å². The quantitative estimate of drug-likeness (QED) is 0.280. The fourth-order valence-electron chi connectivity index (χ4n) is 2.02. The first-order valence-corrected chi connectivity index (χ1v) is 8.05. The normalized spacial score (nSPS) is 10.4. The molecular weight excluding hydrogens is 334 g/mol. The SMILES string of the molecule is CCOC(=O)c1c(SCc2cccc([N+](=O)[O-])c2)nc(=O)[nH]c1C. The minimum atomic E-state index is -0.569. The molecule has 0 bridgehead atoms. The van der Waals surface area contributed by atoms with E-state index in [1.54, 1.807) is 26.0 Å². The molecule has 0 atom stereocenters. The van der Waals surface area contributed by atoms with Crippen molar-refractivity contribution in [2.24, 2.45) is 0 Å². The predicted octanol–water partition coefficient (Wildman–Crippen LogP) is 2.46. The number of nitro benzene ring substituents is 1. The standard InChI is InChI=1S/C15H15N3O5S/c1-3-23-14(19)12-9(2)16-15(20)17-13(12)24-8-10-5-4-6-11(7-10)18(21)22/h4-7H,3,8H2,1-2H3,(H,16,17,20). The topological polar surface area (TPSA) is 115 Å². The summed E-state index contributed by atoms with van der Waals surface area (Å²) >= 11 is 1.15. The number of aromatic amines is 1. The first-order chi connectivity index (χ1) is 11.4. The Bertz CT molecular complexity index is 834. The molecule has 0 unspecified atom stereocenters. The number of esters is 1. The molecule has 1 aromatic carbocycles. The second-order valence-corrected chi connectivity index (χ2v) is 5.75. The molecule has 0 amide bonds. The molecule has 0 radical (unpaired) electrons. The Labute approximate surface area is 141 Å². The molecular formula is C15H15N3O5S. The average molecular weight is 349 g/mol. The lowest BCUT2D eigenvalue weighted by atomic mass is 10.2. The van der Waals surface area contributed by atoms with Crippen molar-refractivity contribution in [3.8, 4) is 0 Å². The zero-order chi connectivity index (χ0) is 17.7. The minimum Gasteiger partial charge on any atom is -0.462 e. The maximum absolute atomic E-state index is 12.1. The third-order valence-corrected chi connectivity index (χ3v) is 4.11. The van der Waals surface area contributed by atoms with Gasteiger partial charge in [0, 0.05) is 23.6 Å². The molecule has 0 saturated heterocycles. The maximum atomic E-state index is 12.1. The van der Waals surface area contributed by atoms with E-state index in [1.165, 1.54) is 12.1 Å². The average Bonchev–Trinajstić information content (AvgIpc) is 2.52. The Morgan fingerprint density at radius 3 is 2.88 bits per heavy atom. The van der Waals surface area contributed by atoms with Gasteiger partial charge in [-0.3, -0.25) is 10.1 Å². The van der Waals surface area contributed by atoms with Crippen LogP contribution in [0.2, 0.25) is 0 Å². The van der Waals surface area contributed by atoms with Gasteiger partial charge in [-0.2, -0.15) is 4.98 Å². The lowest BCUT2D eigenvalue weighted by Gasteiger charge is -2.09. The molecule has 9 heteroatoms. The van der Waals surface area contributed by atoms with Gasteiger partial charge in [-0.15, -0.1) is 11.8 Å². The Morgan fingerprint density at radius 1 is 1.46 bits per heavy atom. The number of nitro groups is 1. The highest BCUT2D eigenvalue weighted by Crippen LogP contribution is 2.26. The van der Waals surface area contributed by atoms with Gasteiger partial charge in [0.15, 0.2) is 0 Å². The smallest absolute Gasteiger partial charge is 0.346 e. The van der Waals surface area contributed by atoms with Crippen LogP contribution in [0, 0.1) is 17.0 Å². The third kappa shape index (κ3) is 4.19. The third-order valence-electron chi connectivity index (χ3n) is 3.06. The number of benzene rings is 1. The lowest BCUT2D eigenvalue weighted by Crippen LogP contribution is -2.19. The molecule has 1 heterocycles. The molecule has 1 aromatic heterocycles. The Balaban J connectivity index is 2.29. The molecule has 24 heavy (non-hydrogen) atoms. The van der Waals surface area contributed by atoms with Crippen LogP contribution in [0.15, 0.2) is 34.1 Å². The molecule has 0 saturated carbocycles. The first kappa shape index (κ1) is 17.7. The van der Waals surface area contributed by atoms with Gasteiger partial charge in [0.1, 0.15) is 10.6 Å². The number of ether oxygens (including phenoxy) is 1. The van der Waals surface area contributed by atoms with Gasteiger partial charge in [0.05, 0.1) is 11.5 Å². The summed E-state index contributed by atoms with van der Waals surface area (Å²) in [5.41, 5.74) is 0.668. The molecule has 2 rings (SSSR count). The van der Waals surface area contributed by atoms with Gasteiger partial charge < -0.3 is 9.72 Å². The summed E-state index contributed by atoms with van der Waals surface area (Å²) in [5, 5.41) is 11.0. The summed E-state index contributed by atoms with van der Waals surface area (Å²) in [7, 11) is 0. The van der Waals surface area contributed by atoms with Crippen LogP contribution >= 0.6 is 11.8 Å². The summed E-state index contributed by atoms with van der Waals surface area (Å²) in [6, 6.07) is 6.14. The van der Waals surface area contributed by atoms with Crippen molar-refractivity contribution < 1.29 is 14.5 Å². The van der Waals surface area contributed by atoms with Crippen LogP contribution in [0.3, 0.4) is 0 Å². The number of carbonyl (C=O) groups is 1. The monoisotopic (exact) mass is 349 g/mol. The zero-order valence-corrected chi connectivity index (χ0v) is 13.9. The van der Waals surface area contributed by atoms with Crippen molar-refractivity contribution in [2.75, 3.05) is 6.61 Å². The number of hydrogen-bond donors (Lipinski definition) is 1. The van der Waals surface area contributed by atoms with Crippen LogP contribution in [0.5, 0.6) is 0 Å². The number of nitrogens with one attached hydrogen (secondary N) is 1. The van der Waals surface area contributed by atoms with Crippen LogP contribution in [0.25, 0.3) is 0 Å². The molecule has 1 N–H and O–H groups in total. The van der Waals surface area contributed by atoms with Gasteiger partial charge in [0.25, 0.3) is 5.69 Å². The second-order valence-electron chi connectivity index (χ2n) is 4.78. The summed E-state index contributed by atoms with van der Waals surface area (Å²) < 4.78 is 4.99. The molecule has 8 nitrogen and oxygen atoms in total. The van der Waals surface area contributed by atoms with Crippen molar-refractivity contribution >= 4 is 23.4 Å². The molecule has 0 spiro atoms. The number of aromatic nitrogens is 2. The van der Waals surface area contributed by atoms with E-state index < -0.39 is 16.6 Å². The van der Waals surface area contributed by atoms with Gasteiger partial charge in [-0.05, 0) is 19.4 Å². The van der Waals surface area contributed by atoms with Crippen molar-refractivity contribution in [3.05, 3.63) is 61.7 Å². The largest absolute Gasteiger partial charge is 0.462 e. The molecule has 0 aliphatic heterocycles. The first-order valence-electron chi connectivity index (χ1n) is 7.06. The fraction of sp³-hybridized carbons (Fsp3) is 0.267. The zero-order valence-electron chi connectivity index (χ0n) is 13.1. The number of rotatable bonds is 6. The van der Waals surface area contributed by atoms with Gasteiger partial charge in [-0.25, -0.2) is 9.59 Å². The van der Waals surface area contributed by atoms with Crippen molar-refractivity contribution in [2.45, 2.75) is 24.6 Å². The summed E-state index contributed by atoms with van der Waals surface area (Å²) in [6.07, 6.45) is 0. The Kier molecular flexibility index (Phi) is 5.69. The summed E-state index contributed by atoms with van der Waals surface area (Å²) in [6.45, 7) is 3.47. The van der Waals surface area contributed by atoms with Gasteiger partial charge in [0.2, 0.25) is 0 Å². The number of hydrogen-bond acceptors (Lipinski definition) is 7. The highest BCUT2D eigenvalue weighted by molar-refractivity contribution is 7.98. The van der Waals surface area contributed by atoms with E-state index >= 15 is 0 Å². The molecule has 0 fully saturated rings. The lowest BCUT2D eigenvalue weighted by molar-refractivity contribution is -0.384. The Morgan fingerprint density at radius 2 is 2.21 bits per heavy atom. The number of aryl methyl sites for hydroxylation is 1. The number of carbonyl (C=O) groups excluding carboxylic acids is 1. The van der Waals surface area contributed by atoms with Crippen LogP contribution in [-0.4, -0.2) is 27.5 Å². The second kappa shape index (κ2) is 7.73. The van der Waals surface area contributed by atoms with Crippen LogP contribution < -0.4 is 5.69 Å². The molecule has 0 aliphatic carbocycles. The van der Waals surface area contributed by atoms with Crippen LogP contribution in [-0.2, 0) is 10.5 Å². The number of H-pyrrole nitrogens is 1. The summed E-state index contributed by atoms with van der Waals surface area (Å²) in [4.78, 5) is 40.3. The van der Waals surface area contributed by atoms with Gasteiger partial charge >= 0.3 is 11.7 Å². The predicted molar refractivity (Wildman–Crippen MR) is 88.2 cm³/mol. The van der Waals surface area contributed by atoms with E-state index in [0.717, 1.165) is 11.8 Å². The van der Waals surface area contributed by atoms with E-state index in [2.05, 4.69) is 9.97 Å². The van der Waals surface area contributed by atoms with E-state index in [0.29, 0.717) is 17.0 Å². The number of non-ortho nitro benzene ring substituents is 1.